The SMILES string of the molecule is O=C(COC(=O)Cc1ccc(Br)cc1)Nc1ccc(F)cc1F. The standard InChI is InChI=1S/C16H12BrF2NO3/c17-11-3-1-10(2-4-11)7-16(22)23-9-15(21)20-14-6-5-12(18)8-13(14)19/h1-6,8H,7,9H2,(H,20,21). The molecule has 0 aromatic heterocycles. The third kappa shape index (κ3) is 5.45. The van der Waals surface area contributed by atoms with Gasteiger partial charge in [0.15, 0.2) is 6.61 Å². The van der Waals surface area contributed by atoms with E-state index in [1.165, 1.54) is 0 Å². The van der Waals surface area contributed by atoms with E-state index in [2.05, 4.69) is 21.2 Å². The molecular weight excluding hydrogens is 372 g/mol. The molecule has 120 valence electrons. The molecule has 0 fully saturated rings. The van der Waals surface area contributed by atoms with E-state index in [0.29, 0.717) is 6.07 Å². The van der Waals surface area contributed by atoms with Crippen LogP contribution >= 0.6 is 15.9 Å². The van der Waals surface area contributed by atoms with E-state index in [-0.39, 0.29) is 12.1 Å². The van der Waals surface area contributed by atoms with E-state index in [1.807, 2.05) is 0 Å². The number of rotatable bonds is 5. The van der Waals surface area contributed by atoms with E-state index in [1.54, 1.807) is 24.3 Å². The van der Waals surface area contributed by atoms with Gasteiger partial charge in [0.2, 0.25) is 0 Å². The van der Waals surface area contributed by atoms with Gasteiger partial charge in [-0.1, -0.05) is 28.1 Å². The number of carbonyl (C=O) groups is 2. The smallest absolute Gasteiger partial charge is 0.310 e. The average molecular weight is 384 g/mol. The highest BCUT2D eigenvalue weighted by molar-refractivity contribution is 9.10. The topological polar surface area (TPSA) is 55.4 Å². The lowest BCUT2D eigenvalue weighted by Crippen LogP contribution is -2.22. The van der Waals surface area contributed by atoms with Crippen molar-refractivity contribution in [2.75, 3.05) is 11.9 Å². The van der Waals surface area contributed by atoms with E-state index < -0.39 is 30.1 Å². The summed E-state index contributed by atoms with van der Waals surface area (Å²) >= 11 is 3.28. The molecule has 7 heteroatoms. The number of halogens is 3. The summed E-state index contributed by atoms with van der Waals surface area (Å²) < 4.78 is 31.8. The van der Waals surface area contributed by atoms with Gasteiger partial charge in [0, 0.05) is 10.5 Å². The first kappa shape index (κ1) is 17.1. The molecule has 0 bridgehead atoms. The Morgan fingerprint density at radius 2 is 1.78 bits per heavy atom. The normalized spacial score (nSPS) is 10.2. The van der Waals surface area contributed by atoms with E-state index in [4.69, 9.17) is 4.74 Å². The van der Waals surface area contributed by atoms with Gasteiger partial charge >= 0.3 is 5.97 Å². The van der Waals surface area contributed by atoms with Gasteiger partial charge in [-0.15, -0.1) is 0 Å². The van der Waals surface area contributed by atoms with Crippen LogP contribution in [0.2, 0.25) is 0 Å². The van der Waals surface area contributed by atoms with Gasteiger partial charge in [0.05, 0.1) is 12.1 Å². The number of benzene rings is 2. The van der Waals surface area contributed by atoms with Crippen LogP contribution in [0.25, 0.3) is 0 Å². The molecule has 2 aromatic carbocycles. The summed E-state index contributed by atoms with van der Waals surface area (Å²) in [6.07, 6.45) is 0.0193. The molecule has 0 radical (unpaired) electrons. The number of nitrogens with one attached hydrogen (secondary N) is 1. The quantitative estimate of drug-likeness (QED) is 0.804. The molecule has 0 unspecified atom stereocenters. The number of hydrogen-bond donors (Lipinski definition) is 1. The third-order valence-corrected chi connectivity index (χ3v) is 3.36. The van der Waals surface area contributed by atoms with Gasteiger partial charge in [0.1, 0.15) is 11.6 Å². The van der Waals surface area contributed by atoms with Crippen LogP contribution in [0, 0.1) is 11.6 Å². The second-order valence-electron chi connectivity index (χ2n) is 4.64. The van der Waals surface area contributed by atoms with E-state index in [0.717, 1.165) is 22.2 Å². The van der Waals surface area contributed by atoms with Gasteiger partial charge in [-0.25, -0.2) is 8.78 Å². The number of carbonyl (C=O) groups excluding carboxylic acids is 2. The Morgan fingerprint density at radius 3 is 2.43 bits per heavy atom. The average Bonchev–Trinajstić information content (AvgIpc) is 2.50. The number of ether oxygens (including phenoxy) is 1. The van der Waals surface area contributed by atoms with Crippen LogP contribution in [0.15, 0.2) is 46.9 Å². The fourth-order valence-corrected chi connectivity index (χ4v) is 2.01. The molecule has 0 saturated carbocycles. The Bertz CT molecular complexity index is 720. The fraction of sp³-hybridized carbons (Fsp3) is 0.125. The van der Waals surface area contributed by atoms with Crippen LogP contribution in [-0.4, -0.2) is 18.5 Å². The highest BCUT2D eigenvalue weighted by atomic mass is 79.9. The minimum absolute atomic E-state index is 0.0193. The van der Waals surface area contributed by atoms with Gasteiger partial charge < -0.3 is 10.1 Å². The summed E-state index contributed by atoms with van der Waals surface area (Å²) in [5.74, 6) is -2.94. The molecule has 0 spiro atoms. The van der Waals surface area contributed by atoms with Gasteiger partial charge in [0.25, 0.3) is 5.91 Å². The maximum atomic E-state index is 13.4. The lowest BCUT2D eigenvalue weighted by Gasteiger charge is -2.07. The highest BCUT2D eigenvalue weighted by Crippen LogP contribution is 2.15. The molecule has 2 rings (SSSR count). The highest BCUT2D eigenvalue weighted by Gasteiger charge is 2.11. The molecule has 0 atom stereocenters. The Hall–Kier alpha value is -2.28. The first-order chi connectivity index (χ1) is 10.9. The molecule has 1 N–H and O–H groups in total. The minimum Gasteiger partial charge on any atom is -0.455 e. The third-order valence-electron chi connectivity index (χ3n) is 2.83. The van der Waals surface area contributed by atoms with E-state index in [9.17, 15) is 18.4 Å². The number of amides is 1. The summed E-state index contributed by atoms with van der Waals surface area (Å²) in [6, 6.07) is 9.82. The molecule has 2 aromatic rings. The van der Waals surface area contributed by atoms with Crippen molar-refractivity contribution in [1.29, 1.82) is 0 Å². The molecule has 4 nitrogen and oxygen atoms in total. The van der Waals surface area contributed by atoms with Crippen molar-refractivity contribution >= 4 is 33.5 Å². The Labute approximate surface area is 139 Å². The van der Waals surface area contributed by atoms with Crippen molar-refractivity contribution < 1.29 is 23.1 Å². The summed E-state index contributed by atoms with van der Waals surface area (Å²) in [6.45, 7) is -0.549. The number of hydrogen-bond acceptors (Lipinski definition) is 3. The van der Waals surface area contributed by atoms with Crippen molar-refractivity contribution in [3.63, 3.8) is 0 Å². The largest absolute Gasteiger partial charge is 0.455 e. The van der Waals surface area contributed by atoms with Crippen LogP contribution in [0.4, 0.5) is 14.5 Å². The van der Waals surface area contributed by atoms with Crippen LogP contribution in [0.5, 0.6) is 0 Å². The van der Waals surface area contributed by atoms with Crippen molar-refractivity contribution in [3.8, 4) is 0 Å². The van der Waals surface area contributed by atoms with Gasteiger partial charge in [-0.3, -0.25) is 9.59 Å². The van der Waals surface area contributed by atoms with Crippen molar-refractivity contribution in [3.05, 3.63) is 64.1 Å². The van der Waals surface area contributed by atoms with Crippen LogP contribution in [0.1, 0.15) is 5.56 Å². The maximum absolute atomic E-state index is 13.4. The number of esters is 1. The molecule has 0 heterocycles. The summed E-state index contributed by atoms with van der Waals surface area (Å²) in [4.78, 5) is 23.2. The predicted molar refractivity (Wildman–Crippen MR) is 83.8 cm³/mol. The van der Waals surface area contributed by atoms with Crippen LogP contribution in [-0.2, 0) is 20.7 Å². The predicted octanol–water partition coefficient (Wildman–Crippen LogP) is 3.45. The molecule has 0 aliphatic rings. The Balaban J connectivity index is 1.81. The first-order valence-corrected chi connectivity index (χ1v) is 7.38. The fourth-order valence-electron chi connectivity index (χ4n) is 1.74. The molecule has 0 aliphatic carbocycles. The minimum atomic E-state index is -0.903. The van der Waals surface area contributed by atoms with Crippen molar-refractivity contribution in [2.24, 2.45) is 0 Å². The zero-order chi connectivity index (χ0) is 16.8. The van der Waals surface area contributed by atoms with Gasteiger partial charge in [-0.2, -0.15) is 0 Å². The van der Waals surface area contributed by atoms with Crippen molar-refractivity contribution in [1.82, 2.24) is 0 Å². The van der Waals surface area contributed by atoms with Crippen LogP contribution < -0.4 is 5.32 Å². The zero-order valence-corrected chi connectivity index (χ0v) is 13.4. The summed E-state index contributed by atoms with van der Waals surface area (Å²) in [5.41, 5.74) is 0.559. The molecular formula is C16H12BrF2NO3. The molecule has 1 amide bonds. The molecule has 0 aliphatic heterocycles. The lowest BCUT2D eigenvalue weighted by atomic mass is 10.2. The van der Waals surface area contributed by atoms with E-state index >= 15 is 0 Å². The monoisotopic (exact) mass is 383 g/mol. The maximum Gasteiger partial charge on any atom is 0.310 e. The lowest BCUT2D eigenvalue weighted by molar-refractivity contribution is -0.146. The van der Waals surface area contributed by atoms with Crippen molar-refractivity contribution in [2.45, 2.75) is 6.42 Å². The second-order valence-corrected chi connectivity index (χ2v) is 5.55. The summed E-state index contributed by atoms with van der Waals surface area (Å²) in [7, 11) is 0. The second kappa shape index (κ2) is 7.82. The summed E-state index contributed by atoms with van der Waals surface area (Å²) in [5, 5.41) is 2.20. The molecule has 23 heavy (non-hydrogen) atoms. The zero-order valence-electron chi connectivity index (χ0n) is 11.8. The number of anilines is 1. The van der Waals surface area contributed by atoms with Gasteiger partial charge in [-0.05, 0) is 29.8 Å². The first-order valence-electron chi connectivity index (χ1n) is 6.59. The van der Waals surface area contributed by atoms with Crippen LogP contribution in [0.3, 0.4) is 0 Å². The molecule has 0 saturated heterocycles. The Morgan fingerprint density at radius 1 is 1.09 bits per heavy atom. The Kier molecular flexibility index (Phi) is 5.81.